The predicted molar refractivity (Wildman–Crippen MR) is 71.7 cm³/mol. The van der Waals surface area contributed by atoms with Crippen LogP contribution in [0.2, 0.25) is 0 Å². The fraction of sp³-hybridized carbons (Fsp3) is 0.600. The molecule has 0 amide bonds. The average molecular weight is 312 g/mol. The Morgan fingerprint density at radius 3 is 2.93 bits per heavy atom. The molecule has 0 aliphatic carbocycles. The van der Waals surface area contributed by atoms with Gasteiger partial charge in [0.15, 0.2) is 0 Å². The molecule has 2 nitrogen and oxygen atoms in total. The lowest BCUT2D eigenvalue weighted by molar-refractivity contribution is 0.320. The number of thiophene rings is 1. The molecule has 86 valence electrons. The van der Waals surface area contributed by atoms with E-state index in [1.165, 1.54) is 28.9 Å². The van der Waals surface area contributed by atoms with E-state index < -0.39 is 0 Å². The second-order valence-electron chi connectivity index (χ2n) is 3.86. The molecule has 0 spiro atoms. The predicted octanol–water partition coefficient (Wildman–Crippen LogP) is 2.71. The van der Waals surface area contributed by atoms with Crippen LogP contribution in [0.25, 0.3) is 0 Å². The molecule has 1 unspecified atom stereocenters. The molecular formula is C10H16BrClN2S. The zero-order valence-corrected chi connectivity index (χ0v) is 11.7. The van der Waals surface area contributed by atoms with E-state index in [9.17, 15) is 0 Å². The minimum absolute atomic E-state index is 0. The van der Waals surface area contributed by atoms with Gasteiger partial charge in [0.05, 0.1) is 0 Å². The van der Waals surface area contributed by atoms with Gasteiger partial charge >= 0.3 is 0 Å². The van der Waals surface area contributed by atoms with Gasteiger partial charge in [0, 0.05) is 27.8 Å². The SMILES string of the molecule is Cl.NCC1CCN(Cc2cc(Br)cs2)C1. The number of nitrogens with zero attached hydrogens (tertiary/aromatic N) is 1. The van der Waals surface area contributed by atoms with Gasteiger partial charge in [0.25, 0.3) is 0 Å². The standard InChI is InChI=1S/C10H15BrN2S.ClH/c11-9-3-10(14-7-9)6-13-2-1-8(4-12)5-13;/h3,7-8H,1-2,4-6,12H2;1H. The summed E-state index contributed by atoms with van der Waals surface area (Å²) in [5, 5.41) is 2.14. The van der Waals surface area contributed by atoms with Gasteiger partial charge in [-0.15, -0.1) is 23.7 Å². The molecule has 0 bridgehead atoms. The Bertz CT molecular complexity index is 305. The Balaban J connectivity index is 0.00000112. The topological polar surface area (TPSA) is 29.3 Å². The first kappa shape index (κ1) is 13.5. The Morgan fingerprint density at radius 2 is 2.40 bits per heavy atom. The van der Waals surface area contributed by atoms with Crippen molar-refractivity contribution in [3.63, 3.8) is 0 Å². The molecule has 1 fully saturated rings. The highest BCUT2D eigenvalue weighted by molar-refractivity contribution is 9.10. The third kappa shape index (κ3) is 3.71. The molecule has 5 heteroatoms. The van der Waals surface area contributed by atoms with Gasteiger partial charge in [-0.3, -0.25) is 4.90 Å². The van der Waals surface area contributed by atoms with Crippen LogP contribution in [0.15, 0.2) is 15.9 Å². The lowest BCUT2D eigenvalue weighted by Gasteiger charge is -2.13. The average Bonchev–Trinajstić information content (AvgIpc) is 2.76. The first-order valence-corrected chi connectivity index (χ1v) is 6.60. The monoisotopic (exact) mass is 310 g/mol. The van der Waals surface area contributed by atoms with Crippen molar-refractivity contribution < 1.29 is 0 Å². The number of nitrogens with two attached hydrogens (primary N) is 1. The van der Waals surface area contributed by atoms with Gasteiger partial charge < -0.3 is 5.73 Å². The van der Waals surface area contributed by atoms with Crippen molar-refractivity contribution in [2.45, 2.75) is 13.0 Å². The van der Waals surface area contributed by atoms with Crippen LogP contribution in [0.1, 0.15) is 11.3 Å². The molecule has 1 aliphatic rings. The summed E-state index contributed by atoms with van der Waals surface area (Å²) in [7, 11) is 0. The molecule has 0 saturated carbocycles. The highest BCUT2D eigenvalue weighted by atomic mass is 79.9. The lowest BCUT2D eigenvalue weighted by atomic mass is 10.1. The van der Waals surface area contributed by atoms with Crippen molar-refractivity contribution in [2.75, 3.05) is 19.6 Å². The number of hydrogen-bond donors (Lipinski definition) is 1. The number of likely N-dealkylation sites (tertiary alicyclic amines) is 1. The fourth-order valence-corrected chi connectivity index (χ4v) is 3.40. The Morgan fingerprint density at radius 1 is 1.60 bits per heavy atom. The van der Waals surface area contributed by atoms with E-state index in [0.717, 1.165) is 19.0 Å². The van der Waals surface area contributed by atoms with Crippen LogP contribution in [-0.2, 0) is 6.54 Å². The fourth-order valence-electron chi connectivity index (χ4n) is 1.91. The van der Waals surface area contributed by atoms with Gasteiger partial charge in [-0.2, -0.15) is 0 Å². The Hall–Kier alpha value is 0.390. The molecule has 15 heavy (non-hydrogen) atoms. The van der Waals surface area contributed by atoms with Crippen molar-refractivity contribution in [3.8, 4) is 0 Å². The second kappa shape index (κ2) is 6.21. The molecule has 1 atom stereocenters. The van der Waals surface area contributed by atoms with Gasteiger partial charge in [-0.1, -0.05) is 0 Å². The smallest absolute Gasteiger partial charge is 0.0328 e. The highest BCUT2D eigenvalue weighted by Gasteiger charge is 2.21. The largest absolute Gasteiger partial charge is 0.330 e. The number of halogens is 2. The van der Waals surface area contributed by atoms with Gasteiger partial charge in [0.1, 0.15) is 0 Å². The third-order valence-electron chi connectivity index (χ3n) is 2.70. The molecule has 2 heterocycles. The van der Waals surface area contributed by atoms with E-state index in [1.807, 2.05) is 11.3 Å². The molecule has 1 aromatic rings. The summed E-state index contributed by atoms with van der Waals surface area (Å²) in [6.45, 7) is 4.31. The van der Waals surface area contributed by atoms with Crippen LogP contribution < -0.4 is 5.73 Å². The van der Waals surface area contributed by atoms with Crippen LogP contribution in [0.3, 0.4) is 0 Å². The van der Waals surface area contributed by atoms with Crippen LogP contribution in [0.5, 0.6) is 0 Å². The van der Waals surface area contributed by atoms with Crippen LogP contribution >= 0.6 is 39.7 Å². The van der Waals surface area contributed by atoms with Crippen molar-refractivity contribution in [1.29, 1.82) is 0 Å². The lowest BCUT2D eigenvalue weighted by Crippen LogP contribution is -2.22. The highest BCUT2D eigenvalue weighted by Crippen LogP contribution is 2.23. The van der Waals surface area contributed by atoms with E-state index in [2.05, 4.69) is 32.3 Å². The second-order valence-corrected chi connectivity index (χ2v) is 5.77. The Labute approximate surface area is 109 Å². The zero-order chi connectivity index (χ0) is 9.97. The maximum atomic E-state index is 5.66. The maximum Gasteiger partial charge on any atom is 0.0328 e. The first-order chi connectivity index (χ1) is 6.78. The summed E-state index contributed by atoms with van der Waals surface area (Å²) >= 11 is 5.30. The van der Waals surface area contributed by atoms with Crippen molar-refractivity contribution in [2.24, 2.45) is 11.7 Å². The van der Waals surface area contributed by atoms with Crippen molar-refractivity contribution in [3.05, 3.63) is 20.8 Å². The van der Waals surface area contributed by atoms with E-state index in [0.29, 0.717) is 0 Å². The summed E-state index contributed by atoms with van der Waals surface area (Å²) in [6.07, 6.45) is 1.27. The maximum absolute atomic E-state index is 5.66. The molecule has 1 saturated heterocycles. The molecule has 0 radical (unpaired) electrons. The minimum Gasteiger partial charge on any atom is -0.330 e. The quantitative estimate of drug-likeness (QED) is 0.930. The summed E-state index contributed by atoms with van der Waals surface area (Å²) in [6, 6.07) is 2.21. The van der Waals surface area contributed by atoms with E-state index in [4.69, 9.17) is 5.73 Å². The molecule has 1 aliphatic heterocycles. The number of hydrogen-bond acceptors (Lipinski definition) is 3. The minimum atomic E-state index is 0. The van der Waals surface area contributed by atoms with Crippen LogP contribution in [0, 0.1) is 5.92 Å². The Kier molecular flexibility index (Phi) is 5.57. The van der Waals surface area contributed by atoms with Gasteiger partial charge in [-0.25, -0.2) is 0 Å². The summed E-state index contributed by atoms with van der Waals surface area (Å²) < 4.78 is 1.20. The number of rotatable bonds is 3. The molecular weight excluding hydrogens is 296 g/mol. The summed E-state index contributed by atoms with van der Waals surface area (Å²) in [4.78, 5) is 3.94. The van der Waals surface area contributed by atoms with E-state index >= 15 is 0 Å². The summed E-state index contributed by atoms with van der Waals surface area (Å²) in [5.74, 6) is 0.721. The van der Waals surface area contributed by atoms with Crippen LogP contribution in [0.4, 0.5) is 0 Å². The zero-order valence-electron chi connectivity index (χ0n) is 8.49. The van der Waals surface area contributed by atoms with Crippen LogP contribution in [-0.4, -0.2) is 24.5 Å². The van der Waals surface area contributed by atoms with Gasteiger partial charge in [-0.05, 0) is 47.4 Å². The first-order valence-electron chi connectivity index (χ1n) is 4.93. The van der Waals surface area contributed by atoms with E-state index in [1.54, 1.807) is 0 Å². The van der Waals surface area contributed by atoms with Crippen molar-refractivity contribution in [1.82, 2.24) is 4.90 Å². The van der Waals surface area contributed by atoms with Gasteiger partial charge in [0.2, 0.25) is 0 Å². The molecule has 2 rings (SSSR count). The third-order valence-corrected chi connectivity index (χ3v) is 4.39. The molecule has 0 aromatic carbocycles. The van der Waals surface area contributed by atoms with E-state index in [-0.39, 0.29) is 12.4 Å². The van der Waals surface area contributed by atoms with Crippen molar-refractivity contribution >= 4 is 39.7 Å². The molecule has 2 N–H and O–H groups in total. The summed E-state index contributed by atoms with van der Waals surface area (Å²) in [5.41, 5.74) is 5.66. The molecule has 1 aromatic heterocycles. The normalized spacial score (nSPS) is 21.6.